The molecule has 20 heavy (non-hydrogen) atoms. The minimum atomic E-state index is -0.610. The van der Waals surface area contributed by atoms with E-state index in [1.54, 1.807) is 0 Å². The first-order valence-corrected chi connectivity index (χ1v) is 7.26. The number of rotatable bonds is 5. The van der Waals surface area contributed by atoms with Gasteiger partial charge in [-0.15, -0.1) is 0 Å². The van der Waals surface area contributed by atoms with Gasteiger partial charge in [-0.1, -0.05) is 30.3 Å². The number of hydrogen-bond donors (Lipinski definition) is 2. The molecular formula is C16H22N3O+. The molecule has 4 nitrogen and oxygen atoms in total. The first kappa shape index (κ1) is 14.5. The minimum absolute atomic E-state index is 0.0452. The van der Waals surface area contributed by atoms with Gasteiger partial charge in [-0.3, -0.25) is 4.79 Å². The highest BCUT2D eigenvalue weighted by Gasteiger charge is 2.35. The fourth-order valence-electron chi connectivity index (χ4n) is 2.74. The van der Waals surface area contributed by atoms with Crippen molar-refractivity contribution in [3.05, 3.63) is 35.9 Å². The Balaban J connectivity index is 1.82. The van der Waals surface area contributed by atoms with Crippen LogP contribution in [0.5, 0.6) is 0 Å². The van der Waals surface area contributed by atoms with Crippen LogP contribution in [0.25, 0.3) is 0 Å². The summed E-state index contributed by atoms with van der Waals surface area (Å²) in [5.41, 5.74) is 0.595. The quantitative estimate of drug-likeness (QED) is 0.847. The van der Waals surface area contributed by atoms with Gasteiger partial charge in [0.2, 0.25) is 0 Å². The number of carbonyl (C=O) groups is 1. The molecule has 1 aromatic rings. The Labute approximate surface area is 120 Å². The van der Waals surface area contributed by atoms with Crippen LogP contribution in [-0.4, -0.2) is 18.0 Å². The summed E-state index contributed by atoms with van der Waals surface area (Å²) in [6.07, 6.45) is 3.61. The molecule has 0 unspecified atom stereocenters. The first-order chi connectivity index (χ1) is 9.65. The zero-order valence-electron chi connectivity index (χ0n) is 11.9. The summed E-state index contributed by atoms with van der Waals surface area (Å²) in [5.74, 6) is -0.0452. The van der Waals surface area contributed by atoms with Crippen LogP contribution in [0.3, 0.4) is 0 Å². The topological polar surface area (TPSA) is 69.5 Å². The average molecular weight is 272 g/mol. The summed E-state index contributed by atoms with van der Waals surface area (Å²) in [6.45, 7) is 2.44. The molecule has 0 aliphatic heterocycles. The molecule has 1 fully saturated rings. The van der Waals surface area contributed by atoms with Crippen LogP contribution >= 0.6 is 0 Å². The van der Waals surface area contributed by atoms with Gasteiger partial charge in [0.25, 0.3) is 5.91 Å². The van der Waals surface area contributed by atoms with E-state index in [4.69, 9.17) is 0 Å². The Morgan fingerprint density at radius 3 is 2.65 bits per heavy atom. The van der Waals surface area contributed by atoms with Crippen LogP contribution in [0.15, 0.2) is 30.3 Å². The van der Waals surface area contributed by atoms with Gasteiger partial charge in [0.15, 0.2) is 6.54 Å². The molecule has 4 heteroatoms. The maximum absolute atomic E-state index is 12.0. The van der Waals surface area contributed by atoms with Crippen LogP contribution in [0.4, 0.5) is 0 Å². The monoisotopic (exact) mass is 272 g/mol. The van der Waals surface area contributed by atoms with Crippen molar-refractivity contribution in [1.82, 2.24) is 5.32 Å². The number of benzene rings is 1. The third kappa shape index (κ3) is 3.58. The normalized spacial score (nSPS) is 18.2. The van der Waals surface area contributed by atoms with Gasteiger partial charge >= 0.3 is 0 Å². The molecule has 0 heterocycles. The van der Waals surface area contributed by atoms with E-state index < -0.39 is 5.54 Å². The van der Waals surface area contributed by atoms with Gasteiger partial charge in [-0.05, 0) is 32.6 Å². The second-order valence-corrected chi connectivity index (χ2v) is 5.59. The van der Waals surface area contributed by atoms with Gasteiger partial charge in [-0.25, -0.2) is 0 Å². The van der Waals surface area contributed by atoms with Crippen molar-refractivity contribution in [2.24, 2.45) is 0 Å². The fourth-order valence-corrected chi connectivity index (χ4v) is 2.74. The molecule has 1 amide bonds. The van der Waals surface area contributed by atoms with Crippen LogP contribution < -0.4 is 10.6 Å². The molecular weight excluding hydrogens is 250 g/mol. The predicted octanol–water partition coefficient (Wildman–Crippen LogP) is 1.26. The zero-order chi connectivity index (χ0) is 14.4. The van der Waals surface area contributed by atoms with E-state index in [1.807, 2.05) is 23.5 Å². The lowest BCUT2D eigenvalue weighted by Gasteiger charge is -2.21. The molecule has 106 valence electrons. The van der Waals surface area contributed by atoms with Crippen molar-refractivity contribution in [2.45, 2.75) is 44.2 Å². The Morgan fingerprint density at radius 1 is 1.40 bits per heavy atom. The number of amides is 1. The van der Waals surface area contributed by atoms with Gasteiger partial charge in [0.05, 0.1) is 6.07 Å². The van der Waals surface area contributed by atoms with Crippen LogP contribution in [0, 0.1) is 11.3 Å². The number of quaternary nitrogens is 1. The fraction of sp³-hybridized carbons (Fsp3) is 0.500. The first-order valence-electron chi connectivity index (χ1n) is 7.26. The van der Waals surface area contributed by atoms with E-state index in [2.05, 4.69) is 30.4 Å². The third-order valence-corrected chi connectivity index (χ3v) is 4.03. The van der Waals surface area contributed by atoms with E-state index in [0.29, 0.717) is 6.54 Å². The van der Waals surface area contributed by atoms with Crippen LogP contribution in [0.1, 0.15) is 44.2 Å². The molecule has 1 aliphatic rings. The second-order valence-electron chi connectivity index (χ2n) is 5.59. The molecule has 1 atom stereocenters. The number of hydrogen-bond acceptors (Lipinski definition) is 2. The molecule has 0 saturated heterocycles. The van der Waals surface area contributed by atoms with E-state index in [-0.39, 0.29) is 11.9 Å². The highest BCUT2D eigenvalue weighted by molar-refractivity contribution is 5.78. The maximum Gasteiger partial charge on any atom is 0.276 e. The van der Waals surface area contributed by atoms with E-state index in [1.165, 1.54) is 5.56 Å². The molecule has 2 rings (SSSR count). The largest absolute Gasteiger partial charge is 0.333 e. The predicted molar refractivity (Wildman–Crippen MR) is 76.6 cm³/mol. The van der Waals surface area contributed by atoms with Gasteiger partial charge in [-0.2, -0.15) is 5.26 Å². The SMILES string of the molecule is C[C@@H]([NH2+]CC(=O)NC1(C#N)CCCC1)c1ccccc1. The molecule has 1 aliphatic carbocycles. The van der Waals surface area contributed by atoms with Gasteiger partial charge in [0, 0.05) is 5.56 Å². The summed E-state index contributed by atoms with van der Waals surface area (Å²) < 4.78 is 0. The number of nitrogens with one attached hydrogen (secondary N) is 1. The van der Waals surface area contributed by atoms with Gasteiger partial charge in [0.1, 0.15) is 11.6 Å². The van der Waals surface area contributed by atoms with E-state index in [9.17, 15) is 10.1 Å². The molecule has 0 bridgehead atoms. The molecule has 0 aromatic heterocycles. The highest BCUT2D eigenvalue weighted by Crippen LogP contribution is 2.28. The summed E-state index contributed by atoms with van der Waals surface area (Å²) in [5, 5.41) is 14.2. The molecule has 1 saturated carbocycles. The summed E-state index contributed by atoms with van der Waals surface area (Å²) in [6, 6.07) is 12.6. The summed E-state index contributed by atoms with van der Waals surface area (Å²) in [7, 11) is 0. The Kier molecular flexibility index (Phi) is 4.75. The summed E-state index contributed by atoms with van der Waals surface area (Å²) >= 11 is 0. The smallest absolute Gasteiger partial charge is 0.276 e. The molecule has 3 N–H and O–H groups in total. The molecule has 1 aromatic carbocycles. The van der Waals surface area contributed by atoms with Crippen molar-refractivity contribution in [1.29, 1.82) is 5.26 Å². The lowest BCUT2D eigenvalue weighted by molar-refractivity contribution is -0.682. The second kappa shape index (κ2) is 6.53. The van der Waals surface area contributed by atoms with Crippen molar-refractivity contribution in [2.75, 3.05) is 6.54 Å². The van der Waals surface area contributed by atoms with Crippen LogP contribution in [0.2, 0.25) is 0 Å². The minimum Gasteiger partial charge on any atom is -0.333 e. The number of nitriles is 1. The number of carbonyl (C=O) groups excluding carboxylic acids is 1. The standard InChI is InChI=1S/C16H21N3O/c1-13(14-7-3-2-4-8-14)18-11-15(20)19-16(12-17)9-5-6-10-16/h2-4,7-8,13,18H,5-6,9-11H2,1H3,(H,19,20)/p+1/t13-/m1/s1. The van der Waals surface area contributed by atoms with Crippen molar-refractivity contribution in [3.8, 4) is 6.07 Å². The van der Waals surface area contributed by atoms with Crippen molar-refractivity contribution in [3.63, 3.8) is 0 Å². The Hall–Kier alpha value is -1.86. The van der Waals surface area contributed by atoms with Crippen molar-refractivity contribution < 1.29 is 10.1 Å². The average Bonchev–Trinajstić information content (AvgIpc) is 2.95. The number of nitrogens with zero attached hydrogens (tertiary/aromatic N) is 1. The maximum atomic E-state index is 12.0. The lowest BCUT2D eigenvalue weighted by Crippen LogP contribution is -2.87. The highest BCUT2D eigenvalue weighted by atomic mass is 16.2. The zero-order valence-corrected chi connectivity index (χ0v) is 11.9. The van der Waals surface area contributed by atoms with E-state index >= 15 is 0 Å². The van der Waals surface area contributed by atoms with E-state index in [0.717, 1.165) is 25.7 Å². The Morgan fingerprint density at radius 2 is 2.05 bits per heavy atom. The molecule has 0 spiro atoms. The summed E-state index contributed by atoms with van der Waals surface area (Å²) in [4.78, 5) is 12.0. The molecule has 0 radical (unpaired) electrons. The van der Waals surface area contributed by atoms with Gasteiger partial charge < -0.3 is 10.6 Å². The van der Waals surface area contributed by atoms with Crippen molar-refractivity contribution >= 4 is 5.91 Å². The Bertz CT molecular complexity index is 486. The lowest BCUT2D eigenvalue weighted by atomic mass is 10.00. The third-order valence-electron chi connectivity index (χ3n) is 4.03. The van der Waals surface area contributed by atoms with Crippen LogP contribution in [-0.2, 0) is 4.79 Å². The number of nitrogens with two attached hydrogens (primary N) is 1.